The first kappa shape index (κ1) is 9.87. The van der Waals surface area contributed by atoms with Crippen LogP contribution in [-0.4, -0.2) is 17.6 Å². The van der Waals surface area contributed by atoms with Crippen molar-refractivity contribution in [3.63, 3.8) is 0 Å². The molecule has 0 saturated heterocycles. The lowest BCUT2D eigenvalue weighted by Crippen LogP contribution is -2.28. The molecule has 1 aliphatic carbocycles. The van der Waals surface area contributed by atoms with Crippen molar-refractivity contribution in [2.75, 3.05) is 6.54 Å². The van der Waals surface area contributed by atoms with Crippen molar-refractivity contribution in [3.8, 4) is 0 Å². The predicted molar refractivity (Wildman–Crippen MR) is 66.3 cm³/mol. The smallest absolute Gasteiger partial charge is 0.0457 e. The molecule has 1 atom stereocenters. The molecule has 1 aromatic carbocycles. The average molecular weight is 215 g/mol. The largest absolute Gasteiger partial charge is 0.361 e. The number of rotatable bonds is 4. The molecule has 0 bridgehead atoms. The normalized spacial score (nSPS) is 17.8. The van der Waals surface area contributed by atoms with Gasteiger partial charge in [0.05, 0.1) is 0 Å². The summed E-state index contributed by atoms with van der Waals surface area (Å²) in [7, 11) is 0. The number of aromatic amines is 1. The molecule has 84 valence electrons. The van der Waals surface area contributed by atoms with Gasteiger partial charge in [-0.3, -0.25) is 0 Å². The Bertz CT molecular complexity index is 485. The standard InChI is InChI=1S/C13H17N3/c14-12(8-15-9-5-6-9)11-7-16-13-4-2-1-3-10(11)13/h1-4,7,9,12,15-16H,5-6,8,14H2. The third-order valence-corrected chi connectivity index (χ3v) is 3.22. The second-order valence-electron chi connectivity index (χ2n) is 4.58. The first-order chi connectivity index (χ1) is 7.84. The Morgan fingerprint density at radius 1 is 1.38 bits per heavy atom. The Balaban J connectivity index is 1.80. The summed E-state index contributed by atoms with van der Waals surface area (Å²) in [6, 6.07) is 9.10. The molecule has 1 heterocycles. The number of hydrogen-bond donors (Lipinski definition) is 3. The number of fused-ring (bicyclic) bond motifs is 1. The van der Waals surface area contributed by atoms with Crippen LogP contribution in [0, 0.1) is 0 Å². The molecular formula is C13H17N3. The van der Waals surface area contributed by atoms with Gasteiger partial charge in [-0.05, 0) is 24.5 Å². The molecule has 1 saturated carbocycles. The Labute approximate surface area is 95.0 Å². The molecule has 3 rings (SSSR count). The van der Waals surface area contributed by atoms with E-state index in [0.29, 0.717) is 0 Å². The van der Waals surface area contributed by atoms with Crippen LogP contribution in [0.25, 0.3) is 10.9 Å². The minimum absolute atomic E-state index is 0.0803. The van der Waals surface area contributed by atoms with E-state index in [-0.39, 0.29) is 6.04 Å². The fourth-order valence-corrected chi connectivity index (χ4v) is 2.09. The van der Waals surface area contributed by atoms with Crippen LogP contribution in [0.5, 0.6) is 0 Å². The summed E-state index contributed by atoms with van der Waals surface area (Å²) < 4.78 is 0. The summed E-state index contributed by atoms with van der Waals surface area (Å²) in [4.78, 5) is 3.26. The van der Waals surface area contributed by atoms with Gasteiger partial charge in [-0.25, -0.2) is 0 Å². The zero-order chi connectivity index (χ0) is 11.0. The summed E-state index contributed by atoms with van der Waals surface area (Å²) in [6.45, 7) is 0.868. The van der Waals surface area contributed by atoms with E-state index in [1.165, 1.54) is 29.3 Å². The quantitative estimate of drug-likeness (QED) is 0.730. The Hall–Kier alpha value is -1.32. The molecule has 2 aromatic rings. The maximum Gasteiger partial charge on any atom is 0.0457 e. The van der Waals surface area contributed by atoms with E-state index >= 15 is 0 Å². The fourth-order valence-electron chi connectivity index (χ4n) is 2.09. The number of H-pyrrole nitrogens is 1. The molecule has 1 aliphatic rings. The Kier molecular flexibility index (Phi) is 2.42. The maximum absolute atomic E-state index is 6.20. The highest BCUT2D eigenvalue weighted by Crippen LogP contribution is 2.24. The van der Waals surface area contributed by atoms with Crippen LogP contribution in [0.15, 0.2) is 30.5 Å². The number of hydrogen-bond acceptors (Lipinski definition) is 2. The summed E-state index contributed by atoms with van der Waals surface area (Å²) in [5.74, 6) is 0. The Morgan fingerprint density at radius 3 is 3.00 bits per heavy atom. The van der Waals surface area contributed by atoms with Gasteiger partial charge in [0.2, 0.25) is 0 Å². The van der Waals surface area contributed by atoms with Crippen LogP contribution >= 0.6 is 0 Å². The molecule has 1 unspecified atom stereocenters. The predicted octanol–water partition coefficient (Wildman–Crippen LogP) is 1.92. The van der Waals surface area contributed by atoms with Crippen molar-refractivity contribution >= 4 is 10.9 Å². The highest BCUT2D eigenvalue weighted by molar-refractivity contribution is 5.83. The van der Waals surface area contributed by atoms with Crippen LogP contribution < -0.4 is 11.1 Å². The highest BCUT2D eigenvalue weighted by atomic mass is 15.0. The third kappa shape index (κ3) is 1.84. The van der Waals surface area contributed by atoms with Crippen LogP contribution in [0.1, 0.15) is 24.4 Å². The van der Waals surface area contributed by atoms with Crippen LogP contribution in [-0.2, 0) is 0 Å². The lowest BCUT2D eigenvalue weighted by atomic mass is 10.1. The van der Waals surface area contributed by atoms with E-state index in [1.807, 2.05) is 12.3 Å². The summed E-state index contributed by atoms with van der Waals surface area (Å²) in [5.41, 5.74) is 8.58. The molecule has 1 fully saturated rings. The number of benzene rings is 1. The van der Waals surface area contributed by atoms with Gasteiger partial charge < -0.3 is 16.0 Å². The Morgan fingerprint density at radius 2 is 2.19 bits per heavy atom. The van der Waals surface area contributed by atoms with Crippen molar-refractivity contribution in [3.05, 3.63) is 36.0 Å². The van der Waals surface area contributed by atoms with E-state index in [9.17, 15) is 0 Å². The summed E-state index contributed by atoms with van der Waals surface area (Å²) >= 11 is 0. The van der Waals surface area contributed by atoms with Crippen molar-refractivity contribution in [1.29, 1.82) is 0 Å². The van der Waals surface area contributed by atoms with Crippen LogP contribution in [0.3, 0.4) is 0 Å². The third-order valence-electron chi connectivity index (χ3n) is 3.22. The fraction of sp³-hybridized carbons (Fsp3) is 0.385. The summed E-state index contributed by atoms with van der Waals surface area (Å²) in [6.07, 6.45) is 4.64. The zero-order valence-corrected chi connectivity index (χ0v) is 9.24. The van der Waals surface area contributed by atoms with Crippen molar-refractivity contribution in [2.45, 2.75) is 24.9 Å². The molecule has 0 radical (unpaired) electrons. The van der Waals surface area contributed by atoms with Gasteiger partial charge in [-0.15, -0.1) is 0 Å². The molecule has 16 heavy (non-hydrogen) atoms. The second-order valence-corrected chi connectivity index (χ2v) is 4.58. The number of para-hydroxylation sites is 1. The lowest BCUT2D eigenvalue weighted by Gasteiger charge is -2.11. The second kappa shape index (κ2) is 3.92. The van der Waals surface area contributed by atoms with Gasteiger partial charge in [-0.1, -0.05) is 18.2 Å². The van der Waals surface area contributed by atoms with E-state index in [1.54, 1.807) is 0 Å². The first-order valence-corrected chi connectivity index (χ1v) is 5.89. The topological polar surface area (TPSA) is 53.8 Å². The van der Waals surface area contributed by atoms with Crippen molar-refractivity contribution in [1.82, 2.24) is 10.3 Å². The number of nitrogens with two attached hydrogens (primary N) is 1. The van der Waals surface area contributed by atoms with Crippen LogP contribution in [0.4, 0.5) is 0 Å². The van der Waals surface area contributed by atoms with Crippen molar-refractivity contribution in [2.24, 2.45) is 5.73 Å². The molecule has 1 aromatic heterocycles. The van der Waals surface area contributed by atoms with Gasteiger partial charge in [0.25, 0.3) is 0 Å². The van der Waals surface area contributed by atoms with E-state index in [4.69, 9.17) is 5.73 Å². The number of nitrogens with one attached hydrogen (secondary N) is 2. The first-order valence-electron chi connectivity index (χ1n) is 5.89. The monoisotopic (exact) mass is 215 g/mol. The van der Waals surface area contributed by atoms with E-state index < -0.39 is 0 Å². The average Bonchev–Trinajstić information content (AvgIpc) is 3.04. The van der Waals surface area contributed by atoms with Gasteiger partial charge in [0.15, 0.2) is 0 Å². The van der Waals surface area contributed by atoms with E-state index in [0.717, 1.165) is 12.6 Å². The molecule has 3 heteroatoms. The van der Waals surface area contributed by atoms with Crippen LogP contribution in [0.2, 0.25) is 0 Å². The van der Waals surface area contributed by atoms with Crippen molar-refractivity contribution < 1.29 is 0 Å². The molecule has 0 spiro atoms. The van der Waals surface area contributed by atoms with E-state index in [2.05, 4.69) is 28.5 Å². The van der Waals surface area contributed by atoms with Gasteiger partial charge >= 0.3 is 0 Å². The SMILES string of the molecule is NC(CNC1CC1)c1c[nH]c2ccccc12. The van der Waals surface area contributed by atoms with Gasteiger partial charge in [-0.2, -0.15) is 0 Å². The highest BCUT2D eigenvalue weighted by Gasteiger charge is 2.21. The number of aromatic nitrogens is 1. The lowest BCUT2D eigenvalue weighted by molar-refractivity contribution is 0.598. The minimum atomic E-state index is 0.0803. The molecule has 0 aliphatic heterocycles. The van der Waals surface area contributed by atoms with Gasteiger partial charge in [0.1, 0.15) is 0 Å². The molecule has 0 amide bonds. The zero-order valence-electron chi connectivity index (χ0n) is 9.24. The minimum Gasteiger partial charge on any atom is -0.361 e. The molecule has 4 N–H and O–H groups in total. The summed E-state index contributed by atoms with van der Waals surface area (Å²) in [5, 5.41) is 4.71. The molecular weight excluding hydrogens is 198 g/mol. The molecule has 3 nitrogen and oxygen atoms in total. The maximum atomic E-state index is 6.20. The van der Waals surface area contributed by atoms with Gasteiger partial charge in [0, 0.05) is 35.7 Å².